The van der Waals surface area contributed by atoms with E-state index in [0.717, 1.165) is 6.54 Å². The average molecular weight is 211 g/mol. The van der Waals surface area contributed by atoms with Crippen molar-refractivity contribution in [2.75, 3.05) is 0 Å². The Hall–Kier alpha value is -1.38. The van der Waals surface area contributed by atoms with E-state index < -0.39 is 0 Å². The van der Waals surface area contributed by atoms with Gasteiger partial charge >= 0.3 is 0 Å². The van der Waals surface area contributed by atoms with E-state index in [1.54, 1.807) is 0 Å². The summed E-state index contributed by atoms with van der Waals surface area (Å²) in [4.78, 5) is 3.45. The van der Waals surface area contributed by atoms with E-state index in [0.29, 0.717) is 9.68 Å². The fourth-order valence-corrected chi connectivity index (χ4v) is 2.22. The van der Waals surface area contributed by atoms with Crippen LogP contribution in [-0.2, 0) is 6.54 Å². The van der Waals surface area contributed by atoms with Crippen molar-refractivity contribution in [3.8, 4) is 0 Å². The molecule has 0 aliphatic carbocycles. The highest BCUT2D eigenvalue weighted by atomic mass is 28.2. The molecule has 2 aromatic rings. The van der Waals surface area contributed by atoms with E-state index >= 15 is 0 Å². The maximum atomic E-state index is 3.45. The van der Waals surface area contributed by atoms with Crippen LogP contribution in [0.1, 0.15) is 5.56 Å². The minimum absolute atomic E-state index is 0.680. The topological polar surface area (TPSA) is 12.0 Å². The molecule has 15 heavy (non-hydrogen) atoms. The summed E-state index contributed by atoms with van der Waals surface area (Å²) in [5, 5.41) is 1.36. The van der Waals surface area contributed by atoms with E-state index in [4.69, 9.17) is 0 Å². The molecule has 0 aromatic heterocycles. The van der Waals surface area contributed by atoms with E-state index in [-0.39, 0.29) is 0 Å². The molecular weight excluding hydrogens is 198 g/mol. The van der Waals surface area contributed by atoms with E-state index in [9.17, 15) is 0 Å². The first-order valence-corrected chi connectivity index (χ1v) is 6.03. The molecule has 0 amide bonds. The van der Waals surface area contributed by atoms with Crippen LogP contribution in [0.25, 0.3) is 0 Å². The van der Waals surface area contributed by atoms with Gasteiger partial charge in [-0.1, -0.05) is 60.7 Å². The molecule has 0 heterocycles. The van der Waals surface area contributed by atoms with Gasteiger partial charge in [-0.05, 0) is 10.8 Å². The summed E-state index contributed by atoms with van der Waals surface area (Å²) in [6, 6.07) is 21.0. The molecular formula is C13H13NSi. The van der Waals surface area contributed by atoms with Crippen LogP contribution < -0.4 is 10.2 Å². The quantitative estimate of drug-likeness (QED) is 0.759. The molecule has 0 spiro atoms. The van der Waals surface area contributed by atoms with Crippen LogP contribution in [-0.4, -0.2) is 9.68 Å². The van der Waals surface area contributed by atoms with Crippen LogP contribution in [0.3, 0.4) is 0 Å². The van der Waals surface area contributed by atoms with Crippen molar-refractivity contribution in [2.24, 2.45) is 0 Å². The van der Waals surface area contributed by atoms with Crippen LogP contribution in [0.15, 0.2) is 60.7 Å². The zero-order valence-corrected chi connectivity index (χ0v) is 9.48. The molecule has 0 aliphatic heterocycles. The van der Waals surface area contributed by atoms with Gasteiger partial charge in [0.25, 0.3) is 0 Å². The Balaban J connectivity index is 1.81. The van der Waals surface area contributed by atoms with Crippen molar-refractivity contribution in [1.82, 2.24) is 4.98 Å². The van der Waals surface area contributed by atoms with Crippen molar-refractivity contribution in [3.05, 3.63) is 66.2 Å². The van der Waals surface area contributed by atoms with E-state index in [1.165, 1.54) is 10.8 Å². The van der Waals surface area contributed by atoms with Gasteiger partial charge < -0.3 is 4.98 Å². The minimum Gasteiger partial charge on any atom is -0.331 e. The van der Waals surface area contributed by atoms with Gasteiger partial charge in [0.15, 0.2) is 9.68 Å². The Morgan fingerprint density at radius 2 is 1.40 bits per heavy atom. The molecule has 0 atom stereocenters. The third kappa shape index (κ3) is 3.35. The Morgan fingerprint density at radius 3 is 2.07 bits per heavy atom. The van der Waals surface area contributed by atoms with Crippen molar-refractivity contribution in [2.45, 2.75) is 6.54 Å². The van der Waals surface area contributed by atoms with Crippen molar-refractivity contribution in [3.63, 3.8) is 0 Å². The molecule has 74 valence electrons. The second-order valence-electron chi connectivity index (χ2n) is 3.33. The molecule has 1 N–H and O–H groups in total. The lowest BCUT2D eigenvalue weighted by Gasteiger charge is -2.03. The number of hydrogen-bond donors (Lipinski definition) is 1. The molecule has 2 radical (unpaired) electrons. The second-order valence-corrected chi connectivity index (χ2v) is 4.51. The van der Waals surface area contributed by atoms with Crippen molar-refractivity contribution >= 4 is 14.9 Å². The minimum atomic E-state index is 0.680. The summed E-state index contributed by atoms with van der Waals surface area (Å²) in [7, 11) is 0.680. The van der Waals surface area contributed by atoms with Crippen molar-refractivity contribution in [1.29, 1.82) is 0 Å². The maximum absolute atomic E-state index is 3.45. The van der Waals surface area contributed by atoms with Crippen LogP contribution in [0.4, 0.5) is 0 Å². The third-order valence-electron chi connectivity index (χ3n) is 2.14. The molecule has 1 nitrogen and oxygen atoms in total. The van der Waals surface area contributed by atoms with Gasteiger partial charge in [0.1, 0.15) is 0 Å². The molecule has 0 saturated carbocycles. The maximum Gasteiger partial charge on any atom is 0.179 e. The summed E-state index contributed by atoms with van der Waals surface area (Å²) in [5.41, 5.74) is 1.33. The number of hydrogen-bond acceptors (Lipinski definition) is 1. The van der Waals surface area contributed by atoms with Crippen molar-refractivity contribution < 1.29 is 0 Å². The second kappa shape index (κ2) is 5.49. The summed E-state index contributed by atoms with van der Waals surface area (Å²) < 4.78 is 0. The highest BCUT2D eigenvalue weighted by molar-refractivity contribution is 6.50. The lowest BCUT2D eigenvalue weighted by Crippen LogP contribution is -2.29. The Bertz CT molecular complexity index is 346. The number of rotatable bonds is 4. The smallest absolute Gasteiger partial charge is 0.179 e. The summed E-state index contributed by atoms with van der Waals surface area (Å²) in [6.45, 7) is 0.939. The van der Waals surface area contributed by atoms with Crippen LogP contribution in [0.5, 0.6) is 0 Å². The SMILES string of the molecule is c1ccc(CN[Si]c2ccccc2)cc1. The summed E-state index contributed by atoms with van der Waals surface area (Å²) in [5.74, 6) is 0. The average Bonchev–Trinajstić information content (AvgIpc) is 2.32. The van der Waals surface area contributed by atoms with E-state index in [2.05, 4.69) is 53.5 Å². The predicted octanol–water partition coefficient (Wildman–Crippen LogP) is 1.72. The fraction of sp³-hybridized carbons (Fsp3) is 0.0769. The van der Waals surface area contributed by atoms with Crippen LogP contribution in [0, 0.1) is 0 Å². The fourth-order valence-electron chi connectivity index (χ4n) is 1.37. The molecule has 0 aliphatic rings. The molecule has 2 aromatic carbocycles. The van der Waals surface area contributed by atoms with Gasteiger partial charge in [-0.2, -0.15) is 0 Å². The molecule has 0 fully saturated rings. The van der Waals surface area contributed by atoms with Crippen LogP contribution >= 0.6 is 0 Å². The van der Waals surface area contributed by atoms with E-state index in [1.807, 2.05) is 12.1 Å². The Labute approximate surface area is 93.1 Å². The van der Waals surface area contributed by atoms with Gasteiger partial charge in [-0.25, -0.2) is 0 Å². The molecule has 0 unspecified atom stereocenters. The Morgan fingerprint density at radius 1 is 0.800 bits per heavy atom. The molecule has 0 bridgehead atoms. The van der Waals surface area contributed by atoms with Crippen LogP contribution in [0.2, 0.25) is 0 Å². The number of benzene rings is 2. The van der Waals surface area contributed by atoms with Gasteiger partial charge in [0.2, 0.25) is 0 Å². The first-order chi connectivity index (χ1) is 7.45. The molecule has 0 saturated heterocycles. The van der Waals surface area contributed by atoms with Gasteiger partial charge in [-0.3, -0.25) is 0 Å². The normalized spacial score (nSPS) is 10.1. The lowest BCUT2D eigenvalue weighted by atomic mass is 10.2. The zero-order chi connectivity index (χ0) is 10.3. The van der Waals surface area contributed by atoms with Gasteiger partial charge in [-0.15, -0.1) is 0 Å². The number of nitrogens with one attached hydrogen (secondary N) is 1. The molecule has 2 heteroatoms. The largest absolute Gasteiger partial charge is 0.331 e. The first kappa shape index (κ1) is 10.1. The summed E-state index contributed by atoms with van der Waals surface area (Å²) in [6.07, 6.45) is 0. The molecule has 2 rings (SSSR count). The van der Waals surface area contributed by atoms with Gasteiger partial charge in [0, 0.05) is 6.54 Å². The first-order valence-electron chi connectivity index (χ1n) is 5.03. The standard InChI is InChI=1S/C13H13NSi/c1-3-7-12(8-4-1)11-14-15-13-9-5-2-6-10-13/h1-10,14H,11H2. The monoisotopic (exact) mass is 211 g/mol. The Kier molecular flexibility index (Phi) is 3.71. The van der Waals surface area contributed by atoms with Gasteiger partial charge in [0.05, 0.1) is 0 Å². The third-order valence-corrected chi connectivity index (χ3v) is 3.12. The zero-order valence-electron chi connectivity index (χ0n) is 8.48. The summed E-state index contributed by atoms with van der Waals surface area (Å²) >= 11 is 0. The highest BCUT2D eigenvalue weighted by Gasteiger charge is 1.94. The highest BCUT2D eigenvalue weighted by Crippen LogP contribution is 1.96. The lowest BCUT2D eigenvalue weighted by molar-refractivity contribution is 0.954. The predicted molar refractivity (Wildman–Crippen MR) is 65.1 cm³/mol.